The number of likely N-dealkylation sites (N-methyl/N-ethyl adjacent to an activating group) is 1. The summed E-state index contributed by atoms with van der Waals surface area (Å²) >= 11 is 0. The highest BCUT2D eigenvalue weighted by molar-refractivity contribution is 7.89. The minimum Gasteiger partial charge on any atom is -0.388 e. The fourth-order valence-electron chi connectivity index (χ4n) is 3.03. The molecule has 1 saturated heterocycles. The second-order valence-electron chi connectivity index (χ2n) is 5.90. The van der Waals surface area contributed by atoms with Gasteiger partial charge in [-0.2, -0.15) is 0 Å². The van der Waals surface area contributed by atoms with Crippen LogP contribution in [0.1, 0.15) is 44.9 Å². The first-order valence-electron chi connectivity index (χ1n) is 7.19. The number of hydrogen-bond acceptors (Lipinski definition) is 4. The summed E-state index contributed by atoms with van der Waals surface area (Å²) in [5.74, 6) is 0. The minimum absolute atomic E-state index is 0.190. The van der Waals surface area contributed by atoms with Crippen molar-refractivity contribution in [1.29, 1.82) is 0 Å². The second kappa shape index (κ2) is 6.08. The number of aliphatic hydroxyl groups is 1. The summed E-state index contributed by atoms with van der Waals surface area (Å²) in [6.45, 7) is 1.21. The van der Waals surface area contributed by atoms with Crippen LogP contribution in [-0.2, 0) is 14.8 Å². The number of sulfonamides is 1. The van der Waals surface area contributed by atoms with Gasteiger partial charge in [0.25, 0.3) is 0 Å². The molecule has 0 atom stereocenters. The summed E-state index contributed by atoms with van der Waals surface area (Å²) in [6.07, 6.45) is 5.67. The lowest BCUT2D eigenvalue weighted by Crippen LogP contribution is -2.49. The summed E-state index contributed by atoms with van der Waals surface area (Å²) in [4.78, 5) is 0. The summed E-state index contributed by atoms with van der Waals surface area (Å²) in [5, 5.41) is 10.2. The van der Waals surface area contributed by atoms with Gasteiger partial charge in [-0.3, -0.25) is 0 Å². The van der Waals surface area contributed by atoms with E-state index < -0.39 is 15.6 Å². The van der Waals surface area contributed by atoms with E-state index in [1.54, 1.807) is 7.05 Å². The standard InChI is InChI=1S/C13H25NO4S/c1-14(11-13(15)7-9-18-10-8-13)19(16,17)12-5-3-2-4-6-12/h12,15H,2-11H2,1H3. The normalized spacial score (nSPS) is 25.6. The first-order valence-corrected chi connectivity index (χ1v) is 8.70. The van der Waals surface area contributed by atoms with Gasteiger partial charge in [0.05, 0.1) is 10.9 Å². The molecule has 1 aliphatic carbocycles. The maximum absolute atomic E-state index is 12.5. The topological polar surface area (TPSA) is 66.8 Å². The molecule has 1 aliphatic heterocycles. The lowest BCUT2D eigenvalue weighted by atomic mass is 9.95. The second-order valence-corrected chi connectivity index (χ2v) is 8.22. The Kier molecular flexibility index (Phi) is 4.87. The Morgan fingerprint density at radius 1 is 1.21 bits per heavy atom. The molecule has 0 unspecified atom stereocenters. The molecule has 5 nitrogen and oxygen atoms in total. The van der Waals surface area contributed by atoms with Gasteiger partial charge in [-0.15, -0.1) is 0 Å². The van der Waals surface area contributed by atoms with E-state index >= 15 is 0 Å². The van der Waals surface area contributed by atoms with Crippen LogP contribution in [0.3, 0.4) is 0 Å². The molecule has 2 rings (SSSR count). The maximum Gasteiger partial charge on any atom is 0.216 e. The Morgan fingerprint density at radius 2 is 1.79 bits per heavy atom. The van der Waals surface area contributed by atoms with Gasteiger partial charge in [0.15, 0.2) is 0 Å². The minimum atomic E-state index is -3.27. The average Bonchev–Trinajstić information content (AvgIpc) is 2.40. The van der Waals surface area contributed by atoms with Crippen LogP contribution in [0.5, 0.6) is 0 Å². The Balaban J connectivity index is 1.99. The van der Waals surface area contributed by atoms with Crippen LogP contribution in [0.25, 0.3) is 0 Å². The van der Waals surface area contributed by atoms with Crippen molar-refractivity contribution in [2.75, 3.05) is 26.8 Å². The molecule has 6 heteroatoms. The van der Waals surface area contributed by atoms with Crippen molar-refractivity contribution in [3.63, 3.8) is 0 Å². The van der Waals surface area contributed by atoms with Gasteiger partial charge in [-0.05, 0) is 12.8 Å². The van der Waals surface area contributed by atoms with Crippen LogP contribution in [0.4, 0.5) is 0 Å². The van der Waals surface area contributed by atoms with Gasteiger partial charge < -0.3 is 9.84 Å². The molecule has 0 radical (unpaired) electrons. The summed E-state index contributed by atoms with van der Waals surface area (Å²) in [7, 11) is -1.67. The predicted octanol–water partition coefficient (Wildman–Crippen LogP) is 1.12. The molecule has 0 spiro atoms. The third-order valence-corrected chi connectivity index (χ3v) is 6.66. The molecule has 0 aromatic heterocycles. The number of nitrogens with zero attached hydrogens (tertiary/aromatic N) is 1. The Bertz CT molecular complexity index is 383. The number of rotatable bonds is 4. The summed E-state index contributed by atoms with van der Waals surface area (Å²) < 4.78 is 31.6. The number of ether oxygens (including phenoxy) is 1. The molecular weight excluding hydrogens is 266 g/mol. The fourth-order valence-corrected chi connectivity index (χ4v) is 4.89. The Labute approximate surface area is 116 Å². The van der Waals surface area contributed by atoms with Crippen LogP contribution < -0.4 is 0 Å². The third-order valence-electron chi connectivity index (χ3n) is 4.35. The van der Waals surface area contributed by atoms with E-state index in [4.69, 9.17) is 4.74 Å². The van der Waals surface area contributed by atoms with E-state index in [1.165, 1.54) is 4.31 Å². The van der Waals surface area contributed by atoms with E-state index in [0.29, 0.717) is 26.1 Å². The maximum atomic E-state index is 12.5. The molecule has 1 heterocycles. The summed E-state index contributed by atoms with van der Waals surface area (Å²) in [6, 6.07) is 0. The van der Waals surface area contributed by atoms with Gasteiger partial charge in [0.1, 0.15) is 0 Å². The van der Waals surface area contributed by atoms with Crippen LogP contribution in [-0.4, -0.2) is 55.5 Å². The van der Waals surface area contributed by atoms with Crippen molar-refractivity contribution in [3.05, 3.63) is 0 Å². The monoisotopic (exact) mass is 291 g/mol. The Hall–Kier alpha value is -0.170. The van der Waals surface area contributed by atoms with E-state index in [1.807, 2.05) is 0 Å². The highest BCUT2D eigenvalue weighted by atomic mass is 32.2. The molecule has 0 amide bonds. The molecule has 2 fully saturated rings. The predicted molar refractivity (Wildman–Crippen MR) is 73.4 cm³/mol. The van der Waals surface area contributed by atoms with Crippen molar-refractivity contribution >= 4 is 10.0 Å². The zero-order valence-corrected chi connectivity index (χ0v) is 12.5. The molecule has 1 saturated carbocycles. The molecule has 2 aliphatic rings. The van der Waals surface area contributed by atoms with E-state index in [-0.39, 0.29) is 11.8 Å². The van der Waals surface area contributed by atoms with E-state index in [0.717, 1.165) is 32.1 Å². The van der Waals surface area contributed by atoms with Crippen molar-refractivity contribution in [1.82, 2.24) is 4.31 Å². The third kappa shape index (κ3) is 3.68. The summed E-state index contributed by atoms with van der Waals surface area (Å²) in [5.41, 5.74) is -0.922. The molecule has 0 bridgehead atoms. The average molecular weight is 291 g/mol. The van der Waals surface area contributed by atoms with Crippen LogP contribution in [0, 0.1) is 0 Å². The zero-order valence-electron chi connectivity index (χ0n) is 11.7. The van der Waals surface area contributed by atoms with Crippen LogP contribution in [0.15, 0.2) is 0 Å². The smallest absolute Gasteiger partial charge is 0.216 e. The van der Waals surface area contributed by atoms with E-state index in [9.17, 15) is 13.5 Å². The highest BCUT2D eigenvalue weighted by Gasteiger charge is 2.37. The molecule has 112 valence electrons. The van der Waals surface area contributed by atoms with Gasteiger partial charge in [-0.25, -0.2) is 12.7 Å². The fraction of sp³-hybridized carbons (Fsp3) is 1.00. The van der Waals surface area contributed by atoms with Crippen LogP contribution in [0.2, 0.25) is 0 Å². The van der Waals surface area contributed by atoms with Gasteiger partial charge >= 0.3 is 0 Å². The lowest BCUT2D eigenvalue weighted by Gasteiger charge is -2.36. The van der Waals surface area contributed by atoms with E-state index in [2.05, 4.69) is 0 Å². The Morgan fingerprint density at radius 3 is 2.37 bits per heavy atom. The largest absolute Gasteiger partial charge is 0.388 e. The molecular formula is C13H25NO4S. The molecule has 19 heavy (non-hydrogen) atoms. The van der Waals surface area contributed by atoms with Crippen molar-refractivity contribution in [3.8, 4) is 0 Å². The quantitative estimate of drug-likeness (QED) is 0.843. The van der Waals surface area contributed by atoms with Crippen LogP contribution >= 0.6 is 0 Å². The van der Waals surface area contributed by atoms with Crippen molar-refractivity contribution in [2.45, 2.75) is 55.8 Å². The SMILES string of the molecule is CN(CC1(O)CCOCC1)S(=O)(=O)C1CCCCC1. The van der Waals surface area contributed by atoms with Crippen molar-refractivity contribution in [2.24, 2.45) is 0 Å². The van der Waals surface area contributed by atoms with Crippen molar-refractivity contribution < 1.29 is 18.3 Å². The molecule has 1 N–H and O–H groups in total. The zero-order chi connectivity index (χ0) is 13.9. The molecule has 0 aromatic carbocycles. The van der Waals surface area contributed by atoms with Gasteiger partial charge in [0.2, 0.25) is 10.0 Å². The lowest BCUT2D eigenvalue weighted by molar-refractivity contribution is -0.0690. The first kappa shape index (κ1) is 15.2. The molecule has 0 aromatic rings. The van der Waals surface area contributed by atoms with Gasteiger partial charge in [-0.1, -0.05) is 19.3 Å². The first-order chi connectivity index (χ1) is 8.94. The van der Waals surface area contributed by atoms with Gasteiger partial charge in [0, 0.05) is 39.6 Å². The number of hydrogen-bond donors (Lipinski definition) is 1. The highest BCUT2D eigenvalue weighted by Crippen LogP contribution is 2.28.